The zero-order valence-corrected chi connectivity index (χ0v) is 18.4. The van der Waals surface area contributed by atoms with E-state index in [4.69, 9.17) is 9.84 Å². The zero-order valence-electron chi connectivity index (χ0n) is 18.4. The van der Waals surface area contributed by atoms with Crippen LogP contribution < -0.4 is 15.4 Å². The molecule has 2 N–H and O–H groups in total. The molecule has 3 aliphatic heterocycles. The van der Waals surface area contributed by atoms with Gasteiger partial charge in [0.2, 0.25) is 0 Å². The number of ether oxygens (including phenoxy) is 1. The normalized spacial score (nSPS) is 25.4. The molecule has 3 saturated heterocycles. The summed E-state index contributed by atoms with van der Waals surface area (Å²) in [6.07, 6.45) is 2.32. The highest BCUT2D eigenvalue weighted by Crippen LogP contribution is 2.42. The van der Waals surface area contributed by atoms with Crippen molar-refractivity contribution in [1.82, 2.24) is 25.3 Å². The van der Waals surface area contributed by atoms with Crippen LogP contribution in [0.5, 0.6) is 5.75 Å². The van der Waals surface area contributed by atoms with Crippen molar-refractivity contribution in [3.05, 3.63) is 36.0 Å². The maximum absolute atomic E-state index is 12.0. The Hall–Kier alpha value is -2.54. The second kappa shape index (κ2) is 8.68. The molecular weight excluding hydrogens is 378 g/mol. The van der Waals surface area contributed by atoms with Crippen molar-refractivity contribution in [3.8, 4) is 17.0 Å². The van der Waals surface area contributed by atoms with Crippen LogP contribution in [0.15, 0.2) is 30.3 Å². The van der Waals surface area contributed by atoms with Gasteiger partial charge in [-0.3, -0.25) is 9.58 Å². The van der Waals surface area contributed by atoms with E-state index in [0.717, 1.165) is 36.5 Å². The third-order valence-electron chi connectivity index (χ3n) is 6.48. The van der Waals surface area contributed by atoms with Crippen LogP contribution in [0.2, 0.25) is 0 Å². The summed E-state index contributed by atoms with van der Waals surface area (Å²) in [7, 11) is 3.74. The molecule has 1 aromatic heterocycles. The lowest BCUT2D eigenvalue weighted by Crippen LogP contribution is -2.57. The largest absolute Gasteiger partial charge is 0.496 e. The Morgan fingerprint density at radius 2 is 2.13 bits per heavy atom. The number of hydrogen-bond donors (Lipinski definition) is 2. The minimum absolute atomic E-state index is 0.0720. The number of urea groups is 1. The summed E-state index contributed by atoms with van der Waals surface area (Å²) >= 11 is 0. The fourth-order valence-electron chi connectivity index (χ4n) is 5.03. The van der Waals surface area contributed by atoms with Gasteiger partial charge in [0.25, 0.3) is 0 Å². The van der Waals surface area contributed by atoms with E-state index in [-0.39, 0.29) is 12.1 Å². The van der Waals surface area contributed by atoms with Crippen molar-refractivity contribution in [2.24, 2.45) is 13.0 Å². The molecule has 0 radical (unpaired) electrons. The van der Waals surface area contributed by atoms with Crippen LogP contribution in [0.25, 0.3) is 11.3 Å². The number of aromatic nitrogens is 2. The number of methoxy groups -OCH3 is 1. The Morgan fingerprint density at radius 3 is 2.83 bits per heavy atom. The first kappa shape index (κ1) is 20.7. The molecule has 0 aliphatic carbocycles. The molecule has 4 unspecified atom stereocenters. The summed E-state index contributed by atoms with van der Waals surface area (Å²) in [5.74, 6) is 1.94. The van der Waals surface area contributed by atoms with Crippen molar-refractivity contribution in [1.29, 1.82) is 0 Å². The minimum atomic E-state index is -0.0720. The number of hydrogen-bond acceptors (Lipinski definition) is 4. The predicted octanol–water partition coefficient (Wildman–Crippen LogP) is 2.98. The molecule has 7 heteroatoms. The van der Waals surface area contributed by atoms with E-state index >= 15 is 0 Å². The van der Waals surface area contributed by atoms with Gasteiger partial charge in [-0.15, -0.1) is 0 Å². The van der Waals surface area contributed by atoms with Gasteiger partial charge in [-0.25, -0.2) is 4.79 Å². The summed E-state index contributed by atoms with van der Waals surface area (Å²) in [5.41, 5.74) is 3.28. The topological polar surface area (TPSA) is 71.4 Å². The molecule has 1 aromatic carbocycles. The van der Waals surface area contributed by atoms with Gasteiger partial charge in [-0.1, -0.05) is 12.1 Å². The van der Waals surface area contributed by atoms with Crippen LogP contribution in [0.1, 0.15) is 38.3 Å². The Morgan fingerprint density at radius 1 is 1.33 bits per heavy atom. The van der Waals surface area contributed by atoms with Crippen molar-refractivity contribution in [2.75, 3.05) is 26.7 Å². The van der Waals surface area contributed by atoms with E-state index < -0.39 is 0 Å². The number of carbonyl (C=O) groups is 1. The number of para-hydroxylation sites is 1. The Labute approximate surface area is 178 Å². The Balaban J connectivity index is 1.46. The molecule has 3 fully saturated rings. The van der Waals surface area contributed by atoms with Crippen LogP contribution in [-0.2, 0) is 7.05 Å². The third-order valence-corrected chi connectivity index (χ3v) is 6.48. The zero-order chi connectivity index (χ0) is 21.3. The first-order valence-corrected chi connectivity index (χ1v) is 10.9. The molecule has 2 bridgehead atoms. The summed E-state index contributed by atoms with van der Waals surface area (Å²) in [6.45, 7) is 6.79. The number of amides is 2. The molecule has 7 nitrogen and oxygen atoms in total. The van der Waals surface area contributed by atoms with Crippen molar-refractivity contribution >= 4 is 6.03 Å². The molecule has 5 rings (SSSR count). The second-order valence-corrected chi connectivity index (χ2v) is 8.83. The number of nitrogens with one attached hydrogen (secondary N) is 2. The minimum Gasteiger partial charge on any atom is -0.496 e. The smallest absolute Gasteiger partial charge is 0.315 e. The molecule has 2 aromatic rings. The van der Waals surface area contributed by atoms with Gasteiger partial charge in [0.05, 0.1) is 12.8 Å². The van der Waals surface area contributed by atoms with E-state index in [1.54, 1.807) is 7.11 Å². The van der Waals surface area contributed by atoms with Crippen LogP contribution in [0.3, 0.4) is 0 Å². The summed E-state index contributed by atoms with van der Waals surface area (Å²) in [4.78, 5) is 14.5. The lowest BCUT2D eigenvalue weighted by molar-refractivity contribution is 0.0294. The van der Waals surface area contributed by atoms with Gasteiger partial charge in [0.1, 0.15) is 5.75 Å². The molecule has 3 aliphatic rings. The van der Waals surface area contributed by atoms with E-state index in [9.17, 15) is 4.79 Å². The first-order valence-electron chi connectivity index (χ1n) is 10.9. The monoisotopic (exact) mass is 411 g/mol. The number of benzene rings is 1. The van der Waals surface area contributed by atoms with E-state index in [0.29, 0.717) is 24.4 Å². The Kier molecular flexibility index (Phi) is 5.99. The van der Waals surface area contributed by atoms with Gasteiger partial charge >= 0.3 is 6.03 Å². The molecule has 4 heterocycles. The summed E-state index contributed by atoms with van der Waals surface area (Å²) in [5, 5.41) is 10.8. The quantitative estimate of drug-likeness (QED) is 0.767. The molecule has 0 saturated carbocycles. The first-order chi connectivity index (χ1) is 14.5. The lowest BCUT2D eigenvalue weighted by Gasteiger charge is -2.49. The van der Waals surface area contributed by atoms with Crippen LogP contribution in [0, 0.1) is 5.92 Å². The van der Waals surface area contributed by atoms with Gasteiger partial charge in [0, 0.05) is 49.4 Å². The maximum atomic E-state index is 12.0. The average Bonchev–Trinajstić information content (AvgIpc) is 3.13. The van der Waals surface area contributed by atoms with Gasteiger partial charge in [-0.05, 0) is 57.4 Å². The SMILES string of the molecule is COc1ccccc1-c1cc(C2CN3CCC2CC3CNC(=O)NC(C)C)n(C)n1. The summed E-state index contributed by atoms with van der Waals surface area (Å²) < 4.78 is 7.57. The molecular formula is C23H33N5O2. The standard InChI is InChI=1S/C23H33N5O2/c1-15(2)25-23(29)24-13-17-11-16-9-10-28(17)14-19(16)21-12-20(26-27(21)3)18-7-5-6-8-22(18)30-4/h5-8,12,15-17,19H,9-11,13-14H2,1-4H3,(H2,24,25,29). The predicted molar refractivity (Wildman–Crippen MR) is 118 cm³/mol. The highest BCUT2D eigenvalue weighted by molar-refractivity contribution is 5.74. The summed E-state index contributed by atoms with van der Waals surface area (Å²) in [6, 6.07) is 10.8. The lowest BCUT2D eigenvalue weighted by atomic mass is 9.74. The van der Waals surface area contributed by atoms with E-state index in [2.05, 4.69) is 27.7 Å². The number of nitrogens with zero attached hydrogens (tertiary/aromatic N) is 3. The van der Waals surface area contributed by atoms with Crippen molar-refractivity contribution < 1.29 is 9.53 Å². The molecule has 0 spiro atoms. The van der Waals surface area contributed by atoms with Crippen LogP contribution in [-0.4, -0.2) is 59.5 Å². The van der Waals surface area contributed by atoms with Gasteiger partial charge in [-0.2, -0.15) is 5.10 Å². The Bertz CT molecular complexity index is 893. The van der Waals surface area contributed by atoms with Gasteiger partial charge in [0.15, 0.2) is 0 Å². The third kappa shape index (κ3) is 4.17. The van der Waals surface area contributed by atoms with Crippen molar-refractivity contribution in [2.45, 2.75) is 44.7 Å². The van der Waals surface area contributed by atoms with E-state index in [1.165, 1.54) is 12.1 Å². The molecule has 2 amide bonds. The number of aryl methyl sites for hydroxylation is 1. The van der Waals surface area contributed by atoms with Crippen LogP contribution >= 0.6 is 0 Å². The second-order valence-electron chi connectivity index (χ2n) is 8.83. The number of carbonyl (C=O) groups excluding carboxylic acids is 1. The number of piperidine rings is 3. The molecule has 4 atom stereocenters. The number of fused-ring (bicyclic) bond motifs is 3. The fourth-order valence-corrected chi connectivity index (χ4v) is 5.03. The fraction of sp³-hybridized carbons (Fsp3) is 0.565. The van der Waals surface area contributed by atoms with Gasteiger partial charge < -0.3 is 15.4 Å². The maximum Gasteiger partial charge on any atom is 0.315 e. The molecule has 30 heavy (non-hydrogen) atoms. The number of rotatable bonds is 6. The highest BCUT2D eigenvalue weighted by atomic mass is 16.5. The van der Waals surface area contributed by atoms with Crippen molar-refractivity contribution in [3.63, 3.8) is 0 Å². The van der Waals surface area contributed by atoms with Crippen LogP contribution in [0.4, 0.5) is 4.79 Å². The average molecular weight is 412 g/mol. The van der Waals surface area contributed by atoms with E-state index in [1.807, 2.05) is 43.8 Å². The molecule has 162 valence electrons. The highest BCUT2D eigenvalue weighted by Gasteiger charge is 2.41.